The van der Waals surface area contributed by atoms with Crippen molar-refractivity contribution in [1.82, 2.24) is 5.32 Å². The molecule has 1 rings (SSSR count). The molecular formula is C13H16FNO3. The number of carbonyl (C=O) groups excluding carboxylic acids is 1. The van der Waals surface area contributed by atoms with E-state index in [1.165, 1.54) is 18.2 Å². The molecule has 5 heteroatoms. The average Bonchev–Trinajstić information content (AvgIpc) is 2.31. The van der Waals surface area contributed by atoms with Gasteiger partial charge in [-0.3, -0.25) is 9.59 Å². The highest BCUT2D eigenvalue weighted by Crippen LogP contribution is 2.11. The van der Waals surface area contributed by atoms with Crippen molar-refractivity contribution in [3.63, 3.8) is 0 Å². The van der Waals surface area contributed by atoms with Gasteiger partial charge in [-0.15, -0.1) is 0 Å². The summed E-state index contributed by atoms with van der Waals surface area (Å²) in [6.45, 7) is 3.47. The lowest BCUT2D eigenvalue weighted by Crippen LogP contribution is -2.35. The second-order valence-electron chi connectivity index (χ2n) is 4.15. The van der Waals surface area contributed by atoms with Crippen molar-refractivity contribution in [2.45, 2.75) is 26.3 Å². The van der Waals surface area contributed by atoms with Crippen LogP contribution >= 0.6 is 0 Å². The topological polar surface area (TPSA) is 66.4 Å². The smallest absolute Gasteiger partial charge is 0.304 e. The molecule has 1 unspecified atom stereocenters. The van der Waals surface area contributed by atoms with Crippen LogP contribution in [0.3, 0.4) is 0 Å². The van der Waals surface area contributed by atoms with Crippen LogP contribution in [0.5, 0.6) is 0 Å². The number of Topliss-reactive ketones (excluding diaryl/α,β-unsaturated/α-hetero) is 1. The Hall–Kier alpha value is -1.75. The number of ketones is 1. The van der Waals surface area contributed by atoms with E-state index >= 15 is 0 Å². The average molecular weight is 253 g/mol. The summed E-state index contributed by atoms with van der Waals surface area (Å²) in [5.74, 6) is -1.44. The fraction of sp³-hybridized carbons (Fsp3) is 0.385. The van der Waals surface area contributed by atoms with Crippen molar-refractivity contribution < 1.29 is 19.1 Å². The van der Waals surface area contributed by atoms with Crippen LogP contribution in [0.25, 0.3) is 0 Å². The van der Waals surface area contributed by atoms with E-state index in [-0.39, 0.29) is 24.6 Å². The number of hydrogen-bond acceptors (Lipinski definition) is 3. The summed E-state index contributed by atoms with van der Waals surface area (Å²) in [6, 6.07) is 3.69. The molecule has 0 aliphatic rings. The summed E-state index contributed by atoms with van der Waals surface area (Å²) in [6.07, 6.45) is -0.0416. The van der Waals surface area contributed by atoms with Gasteiger partial charge in [-0.25, -0.2) is 4.39 Å². The second kappa shape index (κ2) is 6.26. The molecule has 0 heterocycles. The minimum atomic E-state index is -0.917. The van der Waals surface area contributed by atoms with Gasteiger partial charge in [0.2, 0.25) is 0 Å². The van der Waals surface area contributed by atoms with Crippen LogP contribution in [-0.4, -0.2) is 29.4 Å². The molecular weight excluding hydrogens is 237 g/mol. The summed E-state index contributed by atoms with van der Waals surface area (Å²) in [5.41, 5.74) is 0.836. The molecule has 0 amide bonds. The summed E-state index contributed by atoms with van der Waals surface area (Å²) in [7, 11) is 0. The molecule has 0 radical (unpaired) electrons. The van der Waals surface area contributed by atoms with Gasteiger partial charge >= 0.3 is 5.97 Å². The number of carboxylic acids is 1. The number of halogens is 1. The van der Waals surface area contributed by atoms with Gasteiger partial charge in [0.25, 0.3) is 0 Å². The molecule has 0 aliphatic heterocycles. The SMILES string of the molecule is Cc1cc(C(=O)C(C)NCCC(=O)O)ccc1F. The second-order valence-corrected chi connectivity index (χ2v) is 4.15. The molecule has 0 fully saturated rings. The molecule has 0 spiro atoms. The predicted octanol–water partition coefficient (Wildman–Crippen LogP) is 1.77. The molecule has 1 aromatic carbocycles. The van der Waals surface area contributed by atoms with Gasteiger partial charge in [-0.05, 0) is 37.6 Å². The highest BCUT2D eigenvalue weighted by molar-refractivity contribution is 6.00. The molecule has 0 saturated heterocycles. The first-order valence-corrected chi connectivity index (χ1v) is 5.67. The van der Waals surface area contributed by atoms with Crippen LogP contribution in [0.1, 0.15) is 29.3 Å². The van der Waals surface area contributed by atoms with Gasteiger partial charge in [0.15, 0.2) is 5.78 Å². The largest absolute Gasteiger partial charge is 0.481 e. The molecule has 1 aromatic rings. The Morgan fingerprint density at radius 1 is 1.44 bits per heavy atom. The zero-order valence-corrected chi connectivity index (χ0v) is 10.4. The van der Waals surface area contributed by atoms with E-state index < -0.39 is 12.0 Å². The van der Waals surface area contributed by atoms with Gasteiger partial charge in [-0.2, -0.15) is 0 Å². The Bertz CT molecular complexity index is 460. The Morgan fingerprint density at radius 2 is 2.11 bits per heavy atom. The van der Waals surface area contributed by atoms with Crippen LogP contribution in [0.2, 0.25) is 0 Å². The van der Waals surface area contributed by atoms with Crippen molar-refractivity contribution in [3.05, 3.63) is 35.1 Å². The van der Waals surface area contributed by atoms with Gasteiger partial charge in [0.1, 0.15) is 5.82 Å². The minimum Gasteiger partial charge on any atom is -0.481 e. The molecule has 1 atom stereocenters. The molecule has 2 N–H and O–H groups in total. The third-order valence-corrected chi connectivity index (χ3v) is 2.63. The van der Waals surface area contributed by atoms with Crippen molar-refractivity contribution in [3.8, 4) is 0 Å². The molecule has 0 aliphatic carbocycles. The van der Waals surface area contributed by atoms with E-state index in [0.29, 0.717) is 11.1 Å². The maximum absolute atomic E-state index is 13.1. The number of carbonyl (C=O) groups is 2. The van der Waals surface area contributed by atoms with Crippen LogP contribution in [-0.2, 0) is 4.79 Å². The first-order valence-electron chi connectivity index (χ1n) is 5.67. The van der Waals surface area contributed by atoms with Crippen molar-refractivity contribution in [1.29, 1.82) is 0 Å². The third-order valence-electron chi connectivity index (χ3n) is 2.63. The Kier molecular flexibility index (Phi) is 4.97. The first kappa shape index (κ1) is 14.3. The van der Waals surface area contributed by atoms with E-state index in [2.05, 4.69) is 5.32 Å². The van der Waals surface area contributed by atoms with Crippen LogP contribution in [0, 0.1) is 12.7 Å². The van der Waals surface area contributed by atoms with Crippen molar-refractivity contribution >= 4 is 11.8 Å². The summed E-state index contributed by atoms with van der Waals surface area (Å²) >= 11 is 0. The van der Waals surface area contributed by atoms with Crippen LogP contribution < -0.4 is 5.32 Å². The number of carboxylic acid groups (broad SMARTS) is 1. The first-order chi connectivity index (χ1) is 8.41. The number of hydrogen-bond donors (Lipinski definition) is 2. The zero-order valence-electron chi connectivity index (χ0n) is 10.4. The number of rotatable bonds is 6. The van der Waals surface area contributed by atoms with E-state index in [9.17, 15) is 14.0 Å². The molecule has 18 heavy (non-hydrogen) atoms. The zero-order chi connectivity index (χ0) is 13.7. The lowest BCUT2D eigenvalue weighted by molar-refractivity contribution is -0.136. The van der Waals surface area contributed by atoms with E-state index in [0.717, 1.165) is 0 Å². The fourth-order valence-electron chi connectivity index (χ4n) is 1.54. The summed E-state index contributed by atoms with van der Waals surface area (Å²) < 4.78 is 13.1. The lowest BCUT2D eigenvalue weighted by atomic mass is 10.0. The summed E-state index contributed by atoms with van der Waals surface area (Å²) in [4.78, 5) is 22.3. The minimum absolute atomic E-state index is 0.0416. The molecule has 0 bridgehead atoms. The number of nitrogens with one attached hydrogen (secondary N) is 1. The van der Waals surface area contributed by atoms with Gasteiger partial charge < -0.3 is 10.4 Å². The monoisotopic (exact) mass is 253 g/mol. The van der Waals surface area contributed by atoms with Crippen LogP contribution in [0.15, 0.2) is 18.2 Å². The van der Waals surface area contributed by atoms with Crippen molar-refractivity contribution in [2.75, 3.05) is 6.54 Å². The normalized spacial score (nSPS) is 12.2. The summed E-state index contributed by atoms with van der Waals surface area (Å²) in [5, 5.41) is 11.3. The highest BCUT2D eigenvalue weighted by atomic mass is 19.1. The standard InChI is InChI=1S/C13H16FNO3/c1-8-7-10(3-4-11(8)14)13(18)9(2)15-6-5-12(16)17/h3-4,7,9,15H,5-6H2,1-2H3,(H,16,17). The maximum atomic E-state index is 13.1. The number of aliphatic carboxylic acids is 1. The highest BCUT2D eigenvalue weighted by Gasteiger charge is 2.15. The van der Waals surface area contributed by atoms with E-state index in [1.54, 1.807) is 13.8 Å². The predicted molar refractivity (Wildman–Crippen MR) is 65.2 cm³/mol. The van der Waals surface area contributed by atoms with E-state index in [1.807, 2.05) is 0 Å². The fourth-order valence-corrected chi connectivity index (χ4v) is 1.54. The third kappa shape index (κ3) is 3.92. The maximum Gasteiger partial charge on any atom is 0.304 e. The number of benzene rings is 1. The molecule has 0 saturated carbocycles. The molecule has 0 aromatic heterocycles. The molecule has 98 valence electrons. The van der Waals surface area contributed by atoms with Crippen LogP contribution in [0.4, 0.5) is 4.39 Å². The lowest BCUT2D eigenvalue weighted by Gasteiger charge is -2.12. The van der Waals surface area contributed by atoms with Crippen molar-refractivity contribution in [2.24, 2.45) is 0 Å². The number of aryl methyl sites for hydroxylation is 1. The van der Waals surface area contributed by atoms with E-state index in [4.69, 9.17) is 5.11 Å². The Balaban J connectivity index is 2.62. The Morgan fingerprint density at radius 3 is 2.67 bits per heavy atom. The molecule has 4 nitrogen and oxygen atoms in total. The Labute approximate surface area is 105 Å². The van der Waals surface area contributed by atoms with Gasteiger partial charge in [-0.1, -0.05) is 0 Å². The quantitative estimate of drug-likeness (QED) is 0.758. The van der Waals surface area contributed by atoms with Gasteiger partial charge in [0.05, 0.1) is 12.5 Å². The van der Waals surface area contributed by atoms with Gasteiger partial charge in [0, 0.05) is 12.1 Å².